The summed E-state index contributed by atoms with van der Waals surface area (Å²) in [6.07, 6.45) is 0.899. The van der Waals surface area contributed by atoms with E-state index in [0.29, 0.717) is 18.0 Å². The second-order valence-corrected chi connectivity index (χ2v) is 4.53. The molecule has 110 valence electrons. The largest absolute Gasteiger partial charge is 0.494 e. The number of nitrogens with one attached hydrogen (secondary N) is 1. The number of carbonyl (C=O) groups is 1. The first kappa shape index (κ1) is 14.8. The van der Waals surface area contributed by atoms with Crippen molar-refractivity contribution in [1.29, 1.82) is 0 Å². The predicted molar refractivity (Wildman–Crippen MR) is 81.0 cm³/mol. The van der Waals surface area contributed by atoms with Gasteiger partial charge in [-0.25, -0.2) is 4.39 Å². The molecule has 0 atom stereocenters. The first-order valence-corrected chi connectivity index (χ1v) is 6.70. The van der Waals surface area contributed by atoms with Crippen LogP contribution < -0.4 is 15.8 Å². The lowest BCUT2D eigenvalue weighted by Gasteiger charge is -2.10. The number of ether oxygens (including phenoxy) is 1. The van der Waals surface area contributed by atoms with Crippen LogP contribution in [0.5, 0.6) is 5.75 Å². The number of benzene rings is 2. The molecule has 0 heterocycles. The molecule has 0 spiro atoms. The lowest BCUT2D eigenvalue weighted by molar-refractivity contribution is 0.102. The third-order valence-corrected chi connectivity index (χ3v) is 2.86. The van der Waals surface area contributed by atoms with E-state index in [1.807, 2.05) is 13.0 Å². The molecule has 0 unspecified atom stereocenters. The highest BCUT2D eigenvalue weighted by Gasteiger charge is 2.12. The molecule has 2 aromatic rings. The third-order valence-electron chi connectivity index (χ3n) is 2.86. The highest BCUT2D eigenvalue weighted by Crippen LogP contribution is 2.20. The smallest absolute Gasteiger partial charge is 0.257 e. The molecule has 0 aliphatic rings. The van der Waals surface area contributed by atoms with Gasteiger partial charge in [0, 0.05) is 11.8 Å². The summed E-state index contributed by atoms with van der Waals surface area (Å²) in [5.74, 6) is -0.399. The van der Waals surface area contributed by atoms with Crippen LogP contribution in [-0.2, 0) is 0 Å². The number of nitrogens with two attached hydrogens (primary N) is 1. The Kier molecular flexibility index (Phi) is 4.77. The van der Waals surface area contributed by atoms with Crippen LogP contribution in [0, 0.1) is 5.82 Å². The normalized spacial score (nSPS) is 10.2. The van der Waals surface area contributed by atoms with Crippen molar-refractivity contribution in [2.24, 2.45) is 0 Å². The first-order chi connectivity index (χ1) is 10.1. The third kappa shape index (κ3) is 3.72. The monoisotopic (exact) mass is 288 g/mol. The highest BCUT2D eigenvalue weighted by atomic mass is 19.1. The zero-order valence-corrected chi connectivity index (χ0v) is 11.7. The number of nitrogen functional groups attached to an aromatic ring is 1. The van der Waals surface area contributed by atoms with E-state index < -0.39 is 11.7 Å². The Morgan fingerprint density at radius 2 is 2.05 bits per heavy atom. The molecule has 21 heavy (non-hydrogen) atoms. The first-order valence-electron chi connectivity index (χ1n) is 6.70. The Labute approximate surface area is 122 Å². The zero-order valence-electron chi connectivity index (χ0n) is 11.7. The van der Waals surface area contributed by atoms with Crippen LogP contribution in [0.1, 0.15) is 23.7 Å². The lowest BCUT2D eigenvalue weighted by atomic mass is 10.1. The van der Waals surface area contributed by atoms with Crippen molar-refractivity contribution in [3.05, 3.63) is 53.8 Å². The zero-order chi connectivity index (χ0) is 15.2. The SMILES string of the molecule is CCCOc1cccc(NC(=O)c2cccc(F)c2N)c1. The van der Waals surface area contributed by atoms with Crippen LogP contribution >= 0.6 is 0 Å². The van der Waals surface area contributed by atoms with Crippen LogP contribution in [0.4, 0.5) is 15.8 Å². The van der Waals surface area contributed by atoms with Crippen molar-refractivity contribution in [2.75, 3.05) is 17.7 Å². The minimum absolute atomic E-state index is 0.106. The molecular weight excluding hydrogens is 271 g/mol. The van der Waals surface area contributed by atoms with Crippen molar-refractivity contribution in [3.8, 4) is 5.75 Å². The molecule has 3 N–H and O–H groups in total. The summed E-state index contributed by atoms with van der Waals surface area (Å²) >= 11 is 0. The summed E-state index contributed by atoms with van der Waals surface area (Å²) in [4.78, 5) is 12.1. The van der Waals surface area contributed by atoms with Gasteiger partial charge in [0.15, 0.2) is 0 Å². The van der Waals surface area contributed by atoms with Gasteiger partial charge in [0.2, 0.25) is 0 Å². The second-order valence-electron chi connectivity index (χ2n) is 4.53. The summed E-state index contributed by atoms with van der Waals surface area (Å²) in [6.45, 7) is 2.62. The number of hydrogen-bond acceptors (Lipinski definition) is 3. The maximum Gasteiger partial charge on any atom is 0.257 e. The molecular formula is C16H17FN2O2. The Morgan fingerprint density at radius 1 is 1.29 bits per heavy atom. The molecule has 0 saturated heterocycles. The molecule has 0 aliphatic carbocycles. The number of carbonyl (C=O) groups excluding carboxylic acids is 1. The topological polar surface area (TPSA) is 64.3 Å². The van der Waals surface area contributed by atoms with Crippen molar-refractivity contribution in [3.63, 3.8) is 0 Å². The van der Waals surface area contributed by atoms with Crippen molar-refractivity contribution >= 4 is 17.3 Å². The fourth-order valence-corrected chi connectivity index (χ4v) is 1.82. The molecule has 0 radical (unpaired) electrons. The van der Waals surface area contributed by atoms with E-state index in [1.165, 1.54) is 18.2 Å². The fraction of sp³-hybridized carbons (Fsp3) is 0.188. The van der Waals surface area contributed by atoms with Crippen molar-refractivity contribution in [2.45, 2.75) is 13.3 Å². The molecule has 0 aromatic heterocycles. The molecule has 0 aliphatic heterocycles. The molecule has 2 aromatic carbocycles. The summed E-state index contributed by atoms with van der Waals surface area (Å²) in [5, 5.41) is 2.68. The van der Waals surface area contributed by atoms with Gasteiger partial charge < -0.3 is 15.8 Å². The molecule has 1 amide bonds. The average molecular weight is 288 g/mol. The molecule has 0 bridgehead atoms. The van der Waals surface area contributed by atoms with Crippen LogP contribution in [0.3, 0.4) is 0 Å². The van der Waals surface area contributed by atoms with Gasteiger partial charge in [-0.15, -0.1) is 0 Å². The number of halogens is 1. The molecule has 4 nitrogen and oxygen atoms in total. The van der Waals surface area contributed by atoms with Crippen LogP contribution in [0.2, 0.25) is 0 Å². The average Bonchev–Trinajstić information content (AvgIpc) is 2.48. The Morgan fingerprint density at radius 3 is 2.81 bits per heavy atom. The molecule has 0 fully saturated rings. The summed E-state index contributed by atoms with van der Waals surface area (Å²) in [5.41, 5.74) is 6.09. The maximum absolute atomic E-state index is 13.4. The predicted octanol–water partition coefficient (Wildman–Crippen LogP) is 3.45. The van der Waals surface area contributed by atoms with Gasteiger partial charge in [-0.1, -0.05) is 19.1 Å². The van der Waals surface area contributed by atoms with E-state index in [0.717, 1.165) is 6.42 Å². The van der Waals surface area contributed by atoms with E-state index in [4.69, 9.17) is 10.5 Å². The van der Waals surface area contributed by atoms with E-state index in [2.05, 4.69) is 5.32 Å². The number of hydrogen-bond donors (Lipinski definition) is 2. The Hall–Kier alpha value is -2.56. The van der Waals surface area contributed by atoms with Gasteiger partial charge in [0.1, 0.15) is 11.6 Å². The van der Waals surface area contributed by atoms with E-state index in [1.54, 1.807) is 18.2 Å². The number of anilines is 2. The van der Waals surface area contributed by atoms with E-state index >= 15 is 0 Å². The van der Waals surface area contributed by atoms with Gasteiger partial charge in [0.25, 0.3) is 5.91 Å². The summed E-state index contributed by atoms with van der Waals surface area (Å²) in [7, 11) is 0. The maximum atomic E-state index is 13.4. The number of para-hydroxylation sites is 1. The van der Waals surface area contributed by atoms with E-state index in [9.17, 15) is 9.18 Å². The Balaban J connectivity index is 2.14. The highest BCUT2D eigenvalue weighted by molar-refractivity contribution is 6.07. The van der Waals surface area contributed by atoms with Crippen molar-refractivity contribution < 1.29 is 13.9 Å². The molecule has 2 rings (SSSR count). The van der Waals surface area contributed by atoms with Gasteiger partial charge in [-0.05, 0) is 30.7 Å². The number of rotatable bonds is 5. The standard InChI is InChI=1S/C16H17FN2O2/c1-2-9-21-12-6-3-5-11(10-12)19-16(20)13-7-4-8-14(17)15(13)18/h3-8,10H,2,9,18H2,1H3,(H,19,20). The molecule has 5 heteroatoms. The lowest BCUT2D eigenvalue weighted by Crippen LogP contribution is -2.14. The van der Waals surface area contributed by atoms with Crippen LogP contribution in [0.15, 0.2) is 42.5 Å². The van der Waals surface area contributed by atoms with Gasteiger partial charge >= 0.3 is 0 Å². The second kappa shape index (κ2) is 6.74. The van der Waals surface area contributed by atoms with Gasteiger partial charge in [-0.3, -0.25) is 4.79 Å². The summed E-state index contributed by atoms with van der Waals surface area (Å²) < 4.78 is 18.8. The summed E-state index contributed by atoms with van der Waals surface area (Å²) in [6, 6.07) is 11.2. The van der Waals surface area contributed by atoms with Crippen LogP contribution in [0.25, 0.3) is 0 Å². The van der Waals surface area contributed by atoms with Crippen LogP contribution in [-0.4, -0.2) is 12.5 Å². The van der Waals surface area contributed by atoms with Gasteiger partial charge in [-0.2, -0.15) is 0 Å². The minimum atomic E-state index is -0.609. The Bertz CT molecular complexity index is 644. The van der Waals surface area contributed by atoms with Gasteiger partial charge in [0.05, 0.1) is 17.9 Å². The quantitative estimate of drug-likeness (QED) is 0.828. The van der Waals surface area contributed by atoms with E-state index in [-0.39, 0.29) is 11.3 Å². The fourth-order valence-electron chi connectivity index (χ4n) is 1.82. The van der Waals surface area contributed by atoms with Crippen molar-refractivity contribution in [1.82, 2.24) is 0 Å². The molecule has 0 saturated carbocycles. The number of amides is 1. The minimum Gasteiger partial charge on any atom is -0.494 e.